The van der Waals surface area contributed by atoms with Gasteiger partial charge >= 0.3 is 12.6 Å². The minimum atomic E-state index is -5.72. The van der Waals surface area contributed by atoms with Gasteiger partial charge in [-0.2, -0.15) is 26.3 Å². The van der Waals surface area contributed by atoms with E-state index in [-0.39, 0.29) is 0 Å². The van der Waals surface area contributed by atoms with Crippen LogP contribution >= 0.6 is 0 Å². The first-order chi connectivity index (χ1) is 5.19. The minimum absolute atomic E-state index is 1.84. The van der Waals surface area contributed by atoms with Crippen LogP contribution in [-0.2, 0) is 17.4 Å². The highest BCUT2D eigenvalue weighted by Gasteiger charge is 2.57. The third-order valence-corrected chi connectivity index (χ3v) is 0.642. The molecule has 0 unspecified atom stereocenters. The third kappa shape index (κ3) is 3.17. The molecule has 10 heteroatoms. The van der Waals surface area contributed by atoms with Gasteiger partial charge in [0.05, 0.1) is 17.5 Å². The largest absolute Gasteiger partial charge is 0.502 e. The molecule has 0 fully saturated rings. The Kier molecular flexibility index (Phi) is 3.21. The molecule has 0 aromatic rings. The second-order valence-corrected chi connectivity index (χ2v) is 1.54. The Labute approximate surface area is 67.0 Å². The van der Waals surface area contributed by atoms with Crippen molar-refractivity contribution in [1.82, 2.24) is 5.06 Å². The van der Waals surface area contributed by atoms with Crippen molar-refractivity contribution in [2.45, 2.75) is 12.6 Å². The Balaban J connectivity index is 4.56. The molecule has 0 aliphatic rings. The van der Waals surface area contributed by atoms with Gasteiger partial charge in [0.25, 0.3) is 0 Å². The molecule has 0 bridgehead atoms. The van der Waals surface area contributed by atoms with Crippen LogP contribution in [0.2, 0.25) is 0 Å². The first-order valence-corrected chi connectivity index (χ1v) is 2.49. The van der Waals surface area contributed by atoms with Crippen molar-refractivity contribution in [2.75, 3.05) is 0 Å². The first kappa shape index (κ1) is 11.4. The molecule has 0 atom stereocenters. The summed E-state index contributed by atoms with van der Waals surface area (Å²) in [5.74, 6) is 0. The molecule has 0 radical (unpaired) electrons. The normalized spacial score (nSPS) is 13.2. The molecule has 0 heterocycles. The van der Waals surface area contributed by atoms with Crippen LogP contribution in [0.3, 0.4) is 0 Å². The standard InChI is InChI=1S/C2F6N2OS/c3-1(4,5)10(11-9-12)2(6,7)8. The molecule has 0 rings (SSSR count). The summed E-state index contributed by atoms with van der Waals surface area (Å²) in [6, 6.07) is 0. The van der Waals surface area contributed by atoms with Crippen molar-refractivity contribution in [3.63, 3.8) is 0 Å². The Bertz CT molecular complexity index is 150. The van der Waals surface area contributed by atoms with E-state index < -0.39 is 17.7 Å². The Morgan fingerprint density at radius 1 is 1.00 bits per heavy atom. The quantitative estimate of drug-likeness (QED) is 0.398. The van der Waals surface area contributed by atoms with Gasteiger partial charge in [0.1, 0.15) is 0 Å². The van der Waals surface area contributed by atoms with Crippen molar-refractivity contribution in [3.8, 4) is 0 Å². The second-order valence-electron chi connectivity index (χ2n) is 1.39. The van der Waals surface area contributed by atoms with Crippen LogP contribution in [-0.4, -0.2) is 17.7 Å². The smallest absolute Gasteiger partial charge is 0.268 e. The lowest BCUT2D eigenvalue weighted by Crippen LogP contribution is -2.46. The maximum atomic E-state index is 11.4. The average molecular weight is 214 g/mol. The fourth-order valence-electron chi connectivity index (χ4n) is 0.270. The van der Waals surface area contributed by atoms with Gasteiger partial charge in [-0.25, -0.2) is 0 Å². The lowest BCUT2D eigenvalue weighted by Gasteiger charge is -2.21. The predicted molar refractivity (Wildman–Crippen MR) is 24.8 cm³/mol. The number of hydroxylamine groups is 2. The molecule has 0 aliphatic carbocycles. The molecule has 0 aromatic heterocycles. The molecule has 0 saturated carbocycles. The van der Waals surface area contributed by atoms with E-state index in [0.29, 0.717) is 0 Å². The summed E-state index contributed by atoms with van der Waals surface area (Å²) in [4.78, 5) is 2.79. The van der Waals surface area contributed by atoms with Crippen molar-refractivity contribution in [2.24, 2.45) is 4.53 Å². The summed E-state index contributed by atoms with van der Waals surface area (Å²) in [6.07, 6.45) is -11.4. The maximum absolute atomic E-state index is 11.4. The van der Waals surface area contributed by atoms with Gasteiger partial charge in [0, 0.05) is 4.53 Å². The lowest BCUT2D eigenvalue weighted by atomic mass is 10.9. The topological polar surface area (TPSA) is 24.8 Å². The van der Waals surface area contributed by atoms with Crippen LogP contribution in [0.5, 0.6) is 0 Å². The molecule has 0 amide bonds. The van der Waals surface area contributed by atoms with Crippen LogP contribution in [0.4, 0.5) is 26.3 Å². The number of hydrogen-bond acceptors (Lipinski definition) is 4. The summed E-state index contributed by atoms with van der Waals surface area (Å²) < 4.78 is 70.1. The van der Waals surface area contributed by atoms with Gasteiger partial charge in [0.15, 0.2) is 0 Å². The molecule has 0 aliphatic heterocycles. The van der Waals surface area contributed by atoms with Gasteiger partial charge < -0.3 is 0 Å². The van der Waals surface area contributed by atoms with Gasteiger partial charge in [-0.05, 0) is 0 Å². The van der Waals surface area contributed by atoms with Gasteiger partial charge in [-0.1, -0.05) is 0 Å². The van der Waals surface area contributed by atoms with Crippen molar-refractivity contribution in [1.29, 1.82) is 0 Å². The van der Waals surface area contributed by atoms with E-state index in [0.717, 1.165) is 0 Å². The minimum Gasteiger partial charge on any atom is -0.268 e. The van der Waals surface area contributed by atoms with E-state index >= 15 is 0 Å². The van der Waals surface area contributed by atoms with Gasteiger partial charge in [-0.3, -0.25) is 4.94 Å². The lowest BCUT2D eigenvalue weighted by molar-refractivity contribution is -0.482. The second kappa shape index (κ2) is 3.39. The first-order valence-electron chi connectivity index (χ1n) is 2.13. The molecular formula is C2F6N2OS. The zero-order valence-corrected chi connectivity index (χ0v) is 5.80. The van der Waals surface area contributed by atoms with Crippen LogP contribution in [0.25, 0.3) is 0 Å². The summed E-state index contributed by atoms with van der Waals surface area (Å²) in [5, 5.41) is -2.22. The Morgan fingerprint density at radius 2 is 1.33 bits per heavy atom. The van der Waals surface area contributed by atoms with Crippen molar-refractivity contribution >= 4 is 12.4 Å². The highest BCUT2D eigenvalue weighted by molar-refractivity contribution is 7.47. The number of alkyl halides is 6. The fourth-order valence-corrected chi connectivity index (χ4v) is 0.336. The number of nitrogens with zero attached hydrogens (tertiary/aromatic N) is 2. The maximum Gasteiger partial charge on any atom is 0.502 e. The average Bonchev–Trinajstić information content (AvgIpc) is 1.77. The summed E-state index contributed by atoms with van der Waals surface area (Å²) in [7, 11) is 0. The number of hydrogen-bond donors (Lipinski definition) is 0. The van der Waals surface area contributed by atoms with E-state index in [1.807, 2.05) is 4.53 Å². The molecule has 3 nitrogen and oxygen atoms in total. The summed E-state index contributed by atoms with van der Waals surface area (Å²) >= 11 is 3.43. The van der Waals surface area contributed by atoms with E-state index in [9.17, 15) is 26.3 Å². The Hall–Kier alpha value is -0.640. The third-order valence-electron chi connectivity index (χ3n) is 0.576. The molecule has 0 N–H and O–H groups in total. The monoisotopic (exact) mass is 214 g/mol. The van der Waals surface area contributed by atoms with E-state index in [1.54, 1.807) is 0 Å². The molecule has 72 valence electrons. The van der Waals surface area contributed by atoms with E-state index in [4.69, 9.17) is 0 Å². The van der Waals surface area contributed by atoms with Crippen LogP contribution in [0.15, 0.2) is 4.53 Å². The Morgan fingerprint density at radius 3 is 1.42 bits per heavy atom. The van der Waals surface area contributed by atoms with Gasteiger partial charge in [-0.15, -0.1) is 0 Å². The molecule has 0 saturated heterocycles. The highest BCUT2D eigenvalue weighted by atomic mass is 32.1. The highest BCUT2D eigenvalue weighted by Crippen LogP contribution is 2.33. The van der Waals surface area contributed by atoms with Crippen LogP contribution < -0.4 is 0 Å². The SMILES string of the molecule is FC(F)(F)N(ON=S)C(F)(F)F. The molecule has 0 spiro atoms. The molecule has 0 aromatic carbocycles. The molecule has 12 heavy (non-hydrogen) atoms. The van der Waals surface area contributed by atoms with Gasteiger partial charge in [0.2, 0.25) is 0 Å². The number of halogens is 6. The predicted octanol–water partition coefficient (Wildman–Crippen LogP) is 1.91. The summed E-state index contributed by atoms with van der Waals surface area (Å²) in [5.41, 5.74) is 0. The van der Waals surface area contributed by atoms with Crippen molar-refractivity contribution < 1.29 is 31.3 Å². The summed E-state index contributed by atoms with van der Waals surface area (Å²) in [6.45, 7) is 0. The number of rotatable bonds is 2. The van der Waals surface area contributed by atoms with Crippen molar-refractivity contribution in [3.05, 3.63) is 0 Å². The fraction of sp³-hybridized carbons (Fsp3) is 1.00. The van der Waals surface area contributed by atoms with E-state index in [1.165, 1.54) is 0 Å². The van der Waals surface area contributed by atoms with Crippen LogP contribution in [0, 0.1) is 0 Å². The zero-order valence-electron chi connectivity index (χ0n) is 4.98. The van der Waals surface area contributed by atoms with Crippen LogP contribution in [0.1, 0.15) is 0 Å². The molecular weight excluding hydrogens is 214 g/mol. The van der Waals surface area contributed by atoms with E-state index in [2.05, 4.69) is 17.4 Å². The zero-order chi connectivity index (χ0) is 9.99.